The molecule has 0 atom stereocenters. The van der Waals surface area contributed by atoms with Crippen LogP contribution in [0.4, 0.5) is 18.9 Å². The van der Waals surface area contributed by atoms with Crippen LogP contribution >= 0.6 is 0 Å². The predicted molar refractivity (Wildman–Crippen MR) is 96.1 cm³/mol. The molecular formula is C18H16F3N5O3. The molecule has 1 heterocycles. The molecule has 0 saturated carbocycles. The van der Waals surface area contributed by atoms with Crippen LogP contribution in [-0.2, 0) is 6.54 Å². The number of hydrogen-bond acceptors (Lipinski definition) is 7. The largest absolute Gasteiger partial charge is 0.573 e. The number of nitrogens with zero attached hydrogens (tertiary/aromatic N) is 3. The van der Waals surface area contributed by atoms with Crippen molar-refractivity contribution in [1.82, 2.24) is 15.1 Å². The molecule has 2 aromatic carbocycles. The van der Waals surface area contributed by atoms with Gasteiger partial charge < -0.3 is 15.0 Å². The lowest BCUT2D eigenvalue weighted by Crippen LogP contribution is -2.37. The average Bonchev–Trinajstić information content (AvgIpc) is 3.05. The standard InChI is InChI=1S/C18H16F3N5O3/c1-10-24-16(25-29-10)9-26(23)17(27)14-8-12(4-7-15(14)22)11-2-5-13(6-3-11)28-18(19,20)21/h2-8H,9,22-23H2,1H3. The number of halogens is 3. The SMILES string of the molecule is Cc1nc(CN(N)C(=O)c2cc(-c3ccc(OC(F)(F)F)cc3)ccc2N)no1. The van der Waals surface area contributed by atoms with Crippen molar-refractivity contribution in [1.29, 1.82) is 0 Å². The second-order valence-corrected chi connectivity index (χ2v) is 6.04. The summed E-state index contributed by atoms with van der Waals surface area (Å²) in [5.74, 6) is 5.44. The third-order valence-corrected chi connectivity index (χ3v) is 3.85. The Morgan fingerprint density at radius 3 is 2.41 bits per heavy atom. The number of rotatable bonds is 5. The number of hydrogen-bond donors (Lipinski definition) is 2. The second kappa shape index (κ2) is 7.80. The van der Waals surface area contributed by atoms with Gasteiger partial charge in [0.05, 0.1) is 5.56 Å². The maximum atomic E-state index is 12.7. The molecule has 29 heavy (non-hydrogen) atoms. The van der Waals surface area contributed by atoms with Gasteiger partial charge in [0, 0.05) is 12.6 Å². The third kappa shape index (κ3) is 5.02. The Morgan fingerprint density at radius 2 is 1.83 bits per heavy atom. The molecule has 1 amide bonds. The normalized spacial score (nSPS) is 11.3. The van der Waals surface area contributed by atoms with E-state index in [1.807, 2.05) is 0 Å². The van der Waals surface area contributed by atoms with Crippen molar-refractivity contribution >= 4 is 11.6 Å². The van der Waals surface area contributed by atoms with Gasteiger partial charge in [-0.15, -0.1) is 13.2 Å². The van der Waals surface area contributed by atoms with Crippen LogP contribution in [0.3, 0.4) is 0 Å². The molecule has 0 saturated heterocycles. The Bertz CT molecular complexity index is 1020. The highest BCUT2D eigenvalue weighted by Crippen LogP contribution is 2.28. The number of carbonyl (C=O) groups excluding carboxylic acids is 1. The van der Waals surface area contributed by atoms with Crippen LogP contribution in [0.25, 0.3) is 11.1 Å². The maximum absolute atomic E-state index is 12.7. The smallest absolute Gasteiger partial charge is 0.406 e. The first-order chi connectivity index (χ1) is 13.6. The predicted octanol–water partition coefficient (Wildman–Crippen LogP) is 3.04. The van der Waals surface area contributed by atoms with E-state index in [0.29, 0.717) is 17.0 Å². The van der Waals surface area contributed by atoms with Crippen molar-refractivity contribution in [3.63, 3.8) is 0 Å². The van der Waals surface area contributed by atoms with E-state index in [4.69, 9.17) is 16.1 Å². The highest BCUT2D eigenvalue weighted by atomic mass is 19.4. The molecular weight excluding hydrogens is 391 g/mol. The quantitative estimate of drug-likeness (QED) is 0.289. The van der Waals surface area contributed by atoms with Crippen LogP contribution in [0.15, 0.2) is 47.0 Å². The molecule has 0 radical (unpaired) electrons. The molecule has 0 unspecified atom stereocenters. The van der Waals surface area contributed by atoms with E-state index in [1.54, 1.807) is 13.0 Å². The lowest BCUT2D eigenvalue weighted by atomic mass is 10.0. The van der Waals surface area contributed by atoms with E-state index in [2.05, 4.69) is 14.9 Å². The van der Waals surface area contributed by atoms with Crippen molar-refractivity contribution in [2.24, 2.45) is 5.84 Å². The monoisotopic (exact) mass is 407 g/mol. The van der Waals surface area contributed by atoms with Gasteiger partial charge in [-0.25, -0.2) is 5.84 Å². The number of nitrogens with two attached hydrogens (primary N) is 2. The average molecular weight is 407 g/mol. The van der Waals surface area contributed by atoms with Crippen molar-refractivity contribution in [2.75, 3.05) is 5.73 Å². The summed E-state index contributed by atoms with van der Waals surface area (Å²) < 4.78 is 45.5. The topological polar surface area (TPSA) is 120 Å². The summed E-state index contributed by atoms with van der Waals surface area (Å²) >= 11 is 0. The van der Waals surface area contributed by atoms with Gasteiger partial charge in [-0.1, -0.05) is 23.4 Å². The Morgan fingerprint density at radius 1 is 1.17 bits per heavy atom. The van der Waals surface area contributed by atoms with Gasteiger partial charge in [-0.2, -0.15) is 4.98 Å². The Balaban J connectivity index is 1.81. The van der Waals surface area contributed by atoms with E-state index in [9.17, 15) is 18.0 Å². The number of anilines is 1. The minimum absolute atomic E-state index is 0.0939. The maximum Gasteiger partial charge on any atom is 0.573 e. The van der Waals surface area contributed by atoms with Crippen molar-refractivity contribution < 1.29 is 27.2 Å². The number of alkyl halides is 3. The van der Waals surface area contributed by atoms with Gasteiger partial charge in [-0.05, 0) is 35.4 Å². The molecule has 0 aliphatic heterocycles. The molecule has 3 aromatic rings. The number of amides is 1. The molecule has 3 rings (SSSR count). The van der Waals surface area contributed by atoms with Gasteiger partial charge in [0.15, 0.2) is 5.82 Å². The molecule has 0 aliphatic rings. The Kier molecular flexibility index (Phi) is 5.41. The fourth-order valence-electron chi connectivity index (χ4n) is 2.55. The lowest BCUT2D eigenvalue weighted by molar-refractivity contribution is -0.274. The summed E-state index contributed by atoms with van der Waals surface area (Å²) in [5, 5.41) is 4.56. The van der Waals surface area contributed by atoms with Crippen LogP contribution < -0.4 is 16.3 Å². The summed E-state index contributed by atoms with van der Waals surface area (Å²) in [4.78, 5) is 16.6. The molecule has 8 nitrogen and oxygen atoms in total. The Hall–Kier alpha value is -3.60. The molecule has 0 spiro atoms. The number of aromatic nitrogens is 2. The molecule has 0 fully saturated rings. The molecule has 1 aromatic heterocycles. The third-order valence-electron chi connectivity index (χ3n) is 3.85. The van der Waals surface area contributed by atoms with Crippen molar-refractivity contribution in [2.45, 2.75) is 19.8 Å². The van der Waals surface area contributed by atoms with Crippen molar-refractivity contribution in [3.8, 4) is 16.9 Å². The Labute approximate surface area is 162 Å². The zero-order valence-corrected chi connectivity index (χ0v) is 15.1. The zero-order valence-electron chi connectivity index (χ0n) is 15.1. The van der Waals surface area contributed by atoms with Gasteiger partial charge in [0.1, 0.15) is 12.3 Å². The van der Waals surface area contributed by atoms with E-state index < -0.39 is 12.3 Å². The zero-order chi connectivity index (χ0) is 21.2. The van der Waals surface area contributed by atoms with Gasteiger partial charge >= 0.3 is 6.36 Å². The lowest BCUT2D eigenvalue weighted by Gasteiger charge is -2.16. The highest BCUT2D eigenvalue weighted by Gasteiger charge is 2.31. The van der Waals surface area contributed by atoms with E-state index in [1.165, 1.54) is 36.4 Å². The number of ether oxygens (including phenoxy) is 1. The number of benzene rings is 2. The minimum atomic E-state index is -4.77. The summed E-state index contributed by atoms with van der Waals surface area (Å²) in [5.41, 5.74) is 7.34. The van der Waals surface area contributed by atoms with Crippen LogP contribution in [0.2, 0.25) is 0 Å². The summed E-state index contributed by atoms with van der Waals surface area (Å²) in [7, 11) is 0. The first-order valence-electron chi connectivity index (χ1n) is 8.24. The molecule has 0 aliphatic carbocycles. The summed E-state index contributed by atoms with van der Waals surface area (Å²) in [6.07, 6.45) is -4.77. The molecule has 11 heteroatoms. The van der Waals surface area contributed by atoms with Crippen LogP contribution in [0.1, 0.15) is 22.1 Å². The number of hydrazine groups is 1. The minimum Gasteiger partial charge on any atom is -0.406 e. The number of carbonyl (C=O) groups is 1. The number of aryl methyl sites for hydroxylation is 1. The fourth-order valence-corrected chi connectivity index (χ4v) is 2.55. The van der Waals surface area contributed by atoms with Gasteiger partial charge in [0.25, 0.3) is 5.91 Å². The van der Waals surface area contributed by atoms with Crippen LogP contribution in [0, 0.1) is 6.92 Å². The molecule has 4 N–H and O–H groups in total. The van der Waals surface area contributed by atoms with E-state index in [0.717, 1.165) is 5.01 Å². The highest BCUT2D eigenvalue weighted by molar-refractivity contribution is 6.00. The van der Waals surface area contributed by atoms with Gasteiger partial charge in [0.2, 0.25) is 5.89 Å². The fraction of sp³-hybridized carbons (Fsp3) is 0.167. The number of nitrogen functional groups attached to an aromatic ring is 1. The molecule has 152 valence electrons. The summed E-state index contributed by atoms with van der Waals surface area (Å²) in [6, 6.07) is 9.86. The summed E-state index contributed by atoms with van der Waals surface area (Å²) in [6.45, 7) is 1.51. The van der Waals surface area contributed by atoms with Crippen molar-refractivity contribution in [3.05, 3.63) is 59.7 Å². The van der Waals surface area contributed by atoms with E-state index >= 15 is 0 Å². The van der Waals surface area contributed by atoms with Gasteiger partial charge in [-0.3, -0.25) is 9.80 Å². The first kappa shape index (κ1) is 20.1. The molecule has 0 bridgehead atoms. The second-order valence-electron chi connectivity index (χ2n) is 6.04. The van der Waals surface area contributed by atoms with Crippen LogP contribution in [-0.4, -0.2) is 27.4 Å². The van der Waals surface area contributed by atoms with E-state index in [-0.39, 0.29) is 29.4 Å². The van der Waals surface area contributed by atoms with Crippen LogP contribution in [0.5, 0.6) is 5.75 Å². The first-order valence-corrected chi connectivity index (χ1v) is 8.24.